The molecule has 0 unspecified atom stereocenters. The molecule has 1 heterocycles. The van der Waals surface area contributed by atoms with E-state index in [2.05, 4.69) is 10.4 Å². The van der Waals surface area contributed by atoms with Crippen molar-refractivity contribution in [2.75, 3.05) is 5.32 Å². The monoisotopic (exact) mass is 240 g/mol. The summed E-state index contributed by atoms with van der Waals surface area (Å²) >= 11 is 0. The van der Waals surface area contributed by atoms with E-state index in [1.165, 1.54) is 0 Å². The van der Waals surface area contributed by atoms with Crippen LogP contribution in [0.25, 0.3) is 0 Å². The van der Waals surface area contributed by atoms with Gasteiger partial charge in [-0.2, -0.15) is 10.4 Å². The second kappa shape index (κ2) is 5.15. The van der Waals surface area contributed by atoms with Crippen LogP contribution >= 0.6 is 0 Å². The number of hydrogen-bond donors (Lipinski definition) is 1. The lowest BCUT2D eigenvalue weighted by molar-refractivity contribution is 0.102. The number of nitriles is 1. The highest BCUT2D eigenvalue weighted by atomic mass is 16.1. The second-order valence-corrected chi connectivity index (χ2v) is 3.73. The van der Waals surface area contributed by atoms with Crippen LogP contribution in [0.5, 0.6) is 0 Å². The smallest absolute Gasteiger partial charge is 0.255 e. The molecule has 1 N–H and O–H groups in total. The van der Waals surface area contributed by atoms with Crippen molar-refractivity contribution in [2.24, 2.45) is 0 Å². The van der Waals surface area contributed by atoms with Crippen LogP contribution in [0.15, 0.2) is 36.7 Å². The lowest BCUT2D eigenvalue weighted by atomic mass is 10.1. The van der Waals surface area contributed by atoms with Gasteiger partial charge in [0, 0.05) is 18.3 Å². The molecule has 5 nitrogen and oxygen atoms in total. The summed E-state index contributed by atoms with van der Waals surface area (Å²) in [5, 5.41) is 15.5. The van der Waals surface area contributed by atoms with Crippen molar-refractivity contribution in [3.63, 3.8) is 0 Å². The highest BCUT2D eigenvalue weighted by Crippen LogP contribution is 2.09. The molecule has 1 amide bonds. The van der Waals surface area contributed by atoms with Crippen LogP contribution in [0.1, 0.15) is 22.8 Å². The minimum Gasteiger partial charge on any atom is -0.319 e. The zero-order valence-electron chi connectivity index (χ0n) is 9.92. The average molecular weight is 240 g/mol. The molecular weight excluding hydrogens is 228 g/mol. The van der Waals surface area contributed by atoms with Gasteiger partial charge in [-0.25, -0.2) is 0 Å². The molecular formula is C13H12N4O. The van der Waals surface area contributed by atoms with E-state index in [1.54, 1.807) is 41.3 Å². The van der Waals surface area contributed by atoms with Crippen LogP contribution < -0.4 is 5.32 Å². The summed E-state index contributed by atoms with van der Waals surface area (Å²) in [7, 11) is 0. The van der Waals surface area contributed by atoms with E-state index in [-0.39, 0.29) is 5.91 Å². The Morgan fingerprint density at radius 3 is 2.72 bits per heavy atom. The molecule has 0 spiro atoms. The first kappa shape index (κ1) is 11.9. The van der Waals surface area contributed by atoms with Crippen LogP contribution in [-0.4, -0.2) is 15.7 Å². The fraction of sp³-hybridized carbons (Fsp3) is 0.154. The first-order valence-electron chi connectivity index (χ1n) is 5.57. The third kappa shape index (κ3) is 2.55. The molecule has 5 heteroatoms. The first-order valence-corrected chi connectivity index (χ1v) is 5.57. The van der Waals surface area contributed by atoms with Crippen LogP contribution in [0.3, 0.4) is 0 Å². The summed E-state index contributed by atoms with van der Waals surface area (Å²) in [6, 6.07) is 8.49. The number of benzene rings is 1. The summed E-state index contributed by atoms with van der Waals surface area (Å²) in [4.78, 5) is 11.9. The van der Waals surface area contributed by atoms with Crippen molar-refractivity contribution in [1.29, 1.82) is 5.26 Å². The lowest BCUT2D eigenvalue weighted by Crippen LogP contribution is -2.11. The highest BCUT2D eigenvalue weighted by molar-refractivity contribution is 6.04. The Morgan fingerprint density at radius 2 is 2.17 bits per heavy atom. The van der Waals surface area contributed by atoms with Gasteiger partial charge in [0.05, 0.1) is 23.5 Å². The number of nitrogens with zero attached hydrogens (tertiary/aromatic N) is 3. The predicted molar refractivity (Wildman–Crippen MR) is 67.0 cm³/mol. The molecule has 0 aliphatic carbocycles. The minimum atomic E-state index is -0.213. The van der Waals surface area contributed by atoms with Crippen LogP contribution in [0.2, 0.25) is 0 Å². The molecule has 0 atom stereocenters. The summed E-state index contributed by atoms with van der Waals surface area (Å²) in [6.45, 7) is 2.73. The molecule has 0 fully saturated rings. The topological polar surface area (TPSA) is 70.7 Å². The van der Waals surface area contributed by atoms with Gasteiger partial charge in [0.2, 0.25) is 0 Å². The SMILES string of the molecule is CCn1cc(NC(=O)c2ccc(C#N)cc2)cn1. The number of carbonyl (C=O) groups is 1. The number of anilines is 1. The number of rotatable bonds is 3. The number of amides is 1. The molecule has 90 valence electrons. The van der Waals surface area contributed by atoms with Crippen molar-refractivity contribution < 1.29 is 4.79 Å². The number of aromatic nitrogens is 2. The van der Waals surface area contributed by atoms with E-state index >= 15 is 0 Å². The summed E-state index contributed by atoms with van der Waals surface area (Å²) in [6.07, 6.45) is 3.37. The zero-order chi connectivity index (χ0) is 13.0. The van der Waals surface area contributed by atoms with Gasteiger partial charge in [-0.3, -0.25) is 9.48 Å². The molecule has 1 aromatic carbocycles. The van der Waals surface area contributed by atoms with Gasteiger partial charge in [0.15, 0.2) is 0 Å². The Kier molecular flexibility index (Phi) is 3.39. The van der Waals surface area contributed by atoms with E-state index in [9.17, 15) is 4.79 Å². The van der Waals surface area contributed by atoms with E-state index < -0.39 is 0 Å². The van der Waals surface area contributed by atoms with Gasteiger partial charge in [-0.15, -0.1) is 0 Å². The Morgan fingerprint density at radius 1 is 1.44 bits per heavy atom. The van der Waals surface area contributed by atoms with E-state index in [1.807, 2.05) is 13.0 Å². The van der Waals surface area contributed by atoms with Crippen LogP contribution in [-0.2, 0) is 6.54 Å². The average Bonchev–Trinajstić information content (AvgIpc) is 2.86. The van der Waals surface area contributed by atoms with Crippen molar-refractivity contribution in [2.45, 2.75) is 13.5 Å². The molecule has 0 saturated carbocycles. The fourth-order valence-electron chi connectivity index (χ4n) is 1.50. The molecule has 18 heavy (non-hydrogen) atoms. The van der Waals surface area contributed by atoms with Crippen LogP contribution in [0, 0.1) is 11.3 Å². The standard InChI is InChI=1S/C13H12N4O/c1-2-17-9-12(8-15-17)16-13(18)11-5-3-10(7-14)4-6-11/h3-6,8-9H,2H2,1H3,(H,16,18). The summed E-state index contributed by atoms with van der Waals surface area (Å²) in [5.41, 5.74) is 1.70. The molecule has 0 bridgehead atoms. The van der Waals surface area contributed by atoms with Gasteiger partial charge in [0.25, 0.3) is 5.91 Å². The number of carbonyl (C=O) groups excluding carboxylic acids is 1. The third-order valence-electron chi connectivity index (χ3n) is 2.49. The van der Waals surface area contributed by atoms with E-state index in [0.29, 0.717) is 16.8 Å². The highest BCUT2D eigenvalue weighted by Gasteiger charge is 2.07. The van der Waals surface area contributed by atoms with Gasteiger partial charge < -0.3 is 5.32 Å². The number of aryl methyl sites for hydroxylation is 1. The van der Waals surface area contributed by atoms with Gasteiger partial charge in [-0.1, -0.05) is 0 Å². The van der Waals surface area contributed by atoms with Crippen molar-refractivity contribution in [3.05, 3.63) is 47.8 Å². The van der Waals surface area contributed by atoms with Gasteiger partial charge in [-0.05, 0) is 31.2 Å². The molecule has 2 aromatic rings. The minimum absolute atomic E-state index is 0.213. The molecule has 0 radical (unpaired) electrons. The second-order valence-electron chi connectivity index (χ2n) is 3.73. The first-order chi connectivity index (χ1) is 8.72. The maximum atomic E-state index is 11.9. The Labute approximate surface area is 105 Å². The predicted octanol–water partition coefficient (Wildman–Crippen LogP) is 2.03. The third-order valence-corrected chi connectivity index (χ3v) is 2.49. The Balaban J connectivity index is 2.09. The molecule has 0 aliphatic heterocycles. The number of hydrogen-bond acceptors (Lipinski definition) is 3. The molecule has 1 aromatic heterocycles. The van der Waals surface area contributed by atoms with E-state index in [0.717, 1.165) is 6.54 Å². The van der Waals surface area contributed by atoms with Crippen LogP contribution in [0.4, 0.5) is 5.69 Å². The van der Waals surface area contributed by atoms with Crippen molar-refractivity contribution in [1.82, 2.24) is 9.78 Å². The maximum Gasteiger partial charge on any atom is 0.255 e. The zero-order valence-corrected chi connectivity index (χ0v) is 9.92. The van der Waals surface area contributed by atoms with Gasteiger partial charge >= 0.3 is 0 Å². The Hall–Kier alpha value is -2.61. The van der Waals surface area contributed by atoms with E-state index in [4.69, 9.17) is 5.26 Å². The normalized spacial score (nSPS) is 9.78. The fourth-order valence-corrected chi connectivity index (χ4v) is 1.50. The Bertz CT molecular complexity index is 592. The molecule has 0 saturated heterocycles. The van der Waals surface area contributed by atoms with Gasteiger partial charge in [0.1, 0.15) is 0 Å². The molecule has 2 rings (SSSR count). The largest absolute Gasteiger partial charge is 0.319 e. The summed E-state index contributed by atoms with van der Waals surface area (Å²) < 4.78 is 1.73. The van der Waals surface area contributed by atoms with Crippen molar-refractivity contribution in [3.8, 4) is 6.07 Å². The summed E-state index contributed by atoms with van der Waals surface area (Å²) in [5.74, 6) is -0.213. The quantitative estimate of drug-likeness (QED) is 0.892. The van der Waals surface area contributed by atoms with Crippen molar-refractivity contribution >= 4 is 11.6 Å². The maximum absolute atomic E-state index is 11.9. The lowest BCUT2D eigenvalue weighted by Gasteiger charge is -2.02. The molecule has 0 aliphatic rings. The number of nitrogens with one attached hydrogen (secondary N) is 1.